The van der Waals surface area contributed by atoms with Gasteiger partial charge in [-0.25, -0.2) is 0 Å². The maximum absolute atomic E-state index is 12.8. The number of hydrogen-bond acceptors (Lipinski definition) is 2. The Labute approximate surface area is 138 Å². The van der Waals surface area contributed by atoms with Crippen molar-refractivity contribution < 1.29 is 9.53 Å². The molecule has 2 heteroatoms. The summed E-state index contributed by atoms with van der Waals surface area (Å²) < 4.78 is 5.60. The number of unbranched alkanes of at least 4 members (excludes halogenated alkanes) is 1. The van der Waals surface area contributed by atoms with Crippen LogP contribution in [0, 0.1) is 12.3 Å². The third kappa shape index (κ3) is 4.72. The molecule has 2 aromatic rings. The van der Waals surface area contributed by atoms with Crippen LogP contribution in [-0.2, 0) is 9.53 Å². The molecular weight excluding hydrogens is 284 g/mol. The molecule has 118 valence electrons. The van der Waals surface area contributed by atoms with Crippen molar-refractivity contribution in [3.63, 3.8) is 0 Å². The average molecular weight is 306 g/mol. The number of esters is 1. The van der Waals surface area contributed by atoms with Crippen molar-refractivity contribution in [1.29, 1.82) is 0 Å². The van der Waals surface area contributed by atoms with Crippen molar-refractivity contribution in [2.75, 3.05) is 0 Å². The van der Waals surface area contributed by atoms with Crippen LogP contribution in [0.25, 0.3) is 0 Å². The minimum absolute atomic E-state index is 0.290. The standard InChI is InChI=1S/C21H22O2/c1-3-5-16-19(4-2)23-21(22)20(17-12-8-6-9-13-17)18-14-10-7-11-15-18/h2,6-15,19-20H,3,5,16H2,1H3/t19-/m1/s1. The molecular formula is C21H22O2. The van der Waals surface area contributed by atoms with Crippen LogP contribution in [-0.4, -0.2) is 12.1 Å². The fourth-order valence-corrected chi connectivity index (χ4v) is 2.53. The number of carbonyl (C=O) groups is 1. The van der Waals surface area contributed by atoms with Gasteiger partial charge in [0.1, 0.15) is 5.92 Å². The van der Waals surface area contributed by atoms with Gasteiger partial charge >= 0.3 is 5.97 Å². The van der Waals surface area contributed by atoms with Crippen LogP contribution in [0.5, 0.6) is 0 Å². The summed E-state index contributed by atoms with van der Waals surface area (Å²) in [5.74, 6) is 1.84. The van der Waals surface area contributed by atoms with E-state index < -0.39 is 12.0 Å². The molecule has 0 heterocycles. The lowest BCUT2D eigenvalue weighted by Gasteiger charge is -2.20. The molecule has 0 bridgehead atoms. The molecule has 0 spiro atoms. The van der Waals surface area contributed by atoms with Crippen molar-refractivity contribution >= 4 is 5.97 Å². The van der Waals surface area contributed by atoms with E-state index in [0.717, 1.165) is 24.0 Å². The van der Waals surface area contributed by atoms with Crippen LogP contribution in [0.2, 0.25) is 0 Å². The Kier molecular flexibility index (Phi) is 6.44. The quantitative estimate of drug-likeness (QED) is 0.554. The summed E-state index contributed by atoms with van der Waals surface area (Å²) in [6.45, 7) is 2.09. The van der Waals surface area contributed by atoms with E-state index in [1.807, 2.05) is 60.7 Å². The highest BCUT2D eigenvalue weighted by atomic mass is 16.5. The minimum atomic E-state index is -0.461. The normalized spacial score (nSPS) is 11.7. The van der Waals surface area contributed by atoms with Crippen molar-refractivity contribution in [1.82, 2.24) is 0 Å². The van der Waals surface area contributed by atoms with Crippen molar-refractivity contribution in [2.24, 2.45) is 0 Å². The van der Waals surface area contributed by atoms with Gasteiger partial charge in [-0.3, -0.25) is 4.79 Å². The predicted molar refractivity (Wildman–Crippen MR) is 93.0 cm³/mol. The molecule has 0 radical (unpaired) electrons. The topological polar surface area (TPSA) is 26.3 Å². The highest BCUT2D eigenvalue weighted by Gasteiger charge is 2.26. The fraction of sp³-hybridized carbons (Fsp3) is 0.286. The van der Waals surface area contributed by atoms with E-state index in [-0.39, 0.29) is 5.97 Å². The molecule has 0 aliphatic rings. The summed E-state index contributed by atoms with van der Waals surface area (Å²) in [6, 6.07) is 19.3. The molecule has 23 heavy (non-hydrogen) atoms. The molecule has 2 nitrogen and oxygen atoms in total. The lowest BCUT2D eigenvalue weighted by atomic mass is 9.91. The van der Waals surface area contributed by atoms with Gasteiger partial charge < -0.3 is 4.74 Å². The molecule has 2 aromatic carbocycles. The predicted octanol–water partition coefficient (Wildman–Crippen LogP) is 4.55. The summed E-state index contributed by atoms with van der Waals surface area (Å²) in [7, 11) is 0. The van der Waals surface area contributed by atoms with E-state index >= 15 is 0 Å². The highest BCUT2D eigenvalue weighted by molar-refractivity contribution is 5.82. The zero-order valence-corrected chi connectivity index (χ0v) is 13.4. The highest BCUT2D eigenvalue weighted by Crippen LogP contribution is 2.26. The van der Waals surface area contributed by atoms with Gasteiger partial charge in [0.2, 0.25) is 0 Å². The maximum atomic E-state index is 12.8. The zero-order chi connectivity index (χ0) is 16.5. The first-order valence-electron chi connectivity index (χ1n) is 8.02. The number of hydrogen-bond donors (Lipinski definition) is 0. The summed E-state index contributed by atoms with van der Waals surface area (Å²) in [5.41, 5.74) is 1.82. The van der Waals surface area contributed by atoms with Gasteiger partial charge in [0.05, 0.1) is 0 Å². The van der Waals surface area contributed by atoms with Gasteiger partial charge in [0, 0.05) is 0 Å². The monoisotopic (exact) mass is 306 g/mol. The van der Waals surface area contributed by atoms with Crippen LogP contribution in [0.1, 0.15) is 43.2 Å². The number of rotatable bonds is 7. The molecule has 0 aliphatic carbocycles. The second-order valence-electron chi connectivity index (χ2n) is 5.49. The third-order valence-corrected chi connectivity index (χ3v) is 3.77. The Balaban J connectivity index is 2.24. The average Bonchev–Trinajstić information content (AvgIpc) is 2.60. The van der Waals surface area contributed by atoms with Crippen molar-refractivity contribution in [3.8, 4) is 12.3 Å². The van der Waals surface area contributed by atoms with Gasteiger partial charge in [-0.15, -0.1) is 6.42 Å². The zero-order valence-electron chi connectivity index (χ0n) is 13.4. The lowest BCUT2D eigenvalue weighted by Crippen LogP contribution is -2.23. The van der Waals surface area contributed by atoms with E-state index in [2.05, 4.69) is 12.8 Å². The Morgan fingerprint density at radius 1 is 1.04 bits per heavy atom. The lowest BCUT2D eigenvalue weighted by molar-refractivity contribution is -0.147. The molecule has 1 atom stereocenters. The van der Waals surface area contributed by atoms with E-state index in [1.54, 1.807) is 0 Å². The Morgan fingerprint density at radius 2 is 1.57 bits per heavy atom. The molecule has 2 rings (SSSR count). The summed E-state index contributed by atoms with van der Waals surface area (Å²) in [4.78, 5) is 12.8. The van der Waals surface area contributed by atoms with Crippen LogP contribution in [0.15, 0.2) is 60.7 Å². The molecule has 0 amide bonds. The second-order valence-corrected chi connectivity index (χ2v) is 5.49. The Bertz CT molecular complexity index is 601. The summed E-state index contributed by atoms with van der Waals surface area (Å²) in [6.07, 6.45) is 7.73. The molecule has 0 saturated carbocycles. The molecule has 0 fully saturated rings. The molecule has 0 aromatic heterocycles. The van der Waals surface area contributed by atoms with Gasteiger partial charge in [-0.2, -0.15) is 0 Å². The molecule has 0 aliphatic heterocycles. The number of ether oxygens (including phenoxy) is 1. The largest absolute Gasteiger partial charge is 0.448 e. The minimum Gasteiger partial charge on any atom is -0.448 e. The van der Waals surface area contributed by atoms with Crippen LogP contribution < -0.4 is 0 Å². The molecule has 0 N–H and O–H groups in total. The SMILES string of the molecule is C#C[C@H](CCCC)OC(=O)C(c1ccccc1)c1ccccc1. The number of terminal acetylenes is 1. The van der Waals surface area contributed by atoms with Gasteiger partial charge in [0.15, 0.2) is 6.10 Å². The number of carbonyl (C=O) groups excluding carboxylic acids is 1. The van der Waals surface area contributed by atoms with Crippen molar-refractivity contribution in [2.45, 2.75) is 38.2 Å². The van der Waals surface area contributed by atoms with Crippen LogP contribution >= 0.6 is 0 Å². The molecule has 0 unspecified atom stereocenters. The van der Waals surface area contributed by atoms with Gasteiger partial charge in [-0.1, -0.05) is 79.9 Å². The van der Waals surface area contributed by atoms with E-state index in [1.165, 1.54) is 0 Å². The van der Waals surface area contributed by atoms with Crippen molar-refractivity contribution in [3.05, 3.63) is 71.8 Å². The Morgan fingerprint density at radius 3 is 2.00 bits per heavy atom. The van der Waals surface area contributed by atoms with Crippen LogP contribution in [0.4, 0.5) is 0 Å². The number of benzene rings is 2. The summed E-state index contributed by atoms with van der Waals surface area (Å²) in [5, 5.41) is 0. The van der Waals surface area contributed by atoms with E-state index in [9.17, 15) is 4.79 Å². The maximum Gasteiger partial charge on any atom is 0.319 e. The first kappa shape index (κ1) is 16.8. The Hall–Kier alpha value is -2.53. The second kappa shape index (κ2) is 8.80. The fourth-order valence-electron chi connectivity index (χ4n) is 2.53. The first-order valence-corrected chi connectivity index (χ1v) is 8.02. The third-order valence-electron chi connectivity index (χ3n) is 3.77. The van der Waals surface area contributed by atoms with Crippen LogP contribution in [0.3, 0.4) is 0 Å². The summed E-state index contributed by atoms with van der Waals surface area (Å²) >= 11 is 0. The van der Waals surface area contributed by atoms with Gasteiger partial charge in [-0.05, 0) is 24.0 Å². The molecule has 0 saturated heterocycles. The first-order chi connectivity index (χ1) is 11.3. The smallest absolute Gasteiger partial charge is 0.319 e. The van der Waals surface area contributed by atoms with Gasteiger partial charge in [0.25, 0.3) is 0 Å². The van der Waals surface area contributed by atoms with E-state index in [4.69, 9.17) is 11.2 Å². The van der Waals surface area contributed by atoms with E-state index in [0.29, 0.717) is 6.42 Å².